The van der Waals surface area contributed by atoms with E-state index in [2.05, 4.69) is 143 Å². The number of anilines is 2. The highest BCUT2D eigenvalue weighted by Crippen LogP contribution is 2.34. The van der Waals surface area contributed by atoms with Gasteiger partial charge < -0.3 is 29.1 Å². The summed E-state index contributed by atoms with van der Waals surface area (Å²) >= 11 is 0. The zero-order valence-electron chi connectivity index (χ0n) is 38.6. The van der Waals surface area contributed by atoms with Crippen molar-refractivity contribution in [1.82, 2.24) is 19.8 Å². The first-order valence-electron chi connectivity index (χ1n) is 23.1. The lowest BCUT2D eigenvalue weighted by atomic mass is 9.86. The smallest absolute Gasteiger partial charge is 0.417 e. The van der Waals surface area contributed by atoms with Gasteiger partial charge in [0.05, 0.1) is 24.6 Å². The number of likely N-dealkylation sites (N-methyl/N-ethyl adjacent to an activating group) is 2. The molecule has 334 valence electrons. The van der Waals surface area contributed by atoms with E-state index in [1.54, 1.807) is 0 Å². The minimum Gasteiger partial charge on any atom is -0.457 e. The monoisotopic (exact) mass is 860 g/mol. The number of hydrogen-bond donors (Lipinski definition) is 0. The minimum atomic E-state index is -0.965. The molecule has 4 heterocycles. The van der Waals surface area contributed by atoms with E-state index in [9.17, 15) is 9.59 Å². The Bertz CT molecular complexity index is 2380. The first-order valence-corrected chi connectivity index (χ1v) is 23.1. The molecule has 4 aromatic carbocycles. The van der Waals surface area contributed by atoms with Crippen molar-refractivity contribution in [2.45, 2.75) is 54.4 Å². The van der Waals surface area contributed by atoms with Crippen molar-refractivity contribution in [3.8, 4) is 22.5 Å². The molecule has 0 amide bonds. The van der Waals surface area contributed by atoms with Crippen LogP contribution in [0.2, 0.25) is 0 Å². The van der Waals surface area contributed by atoms with Crippen molar-refractivity contribution < 1.29 is 19.1 Å². The Kier molecular flexibility index (Phi) is 13.6. The zero-order valence-corrected chi connectivity index (χ0v) is 38.6. The average molecular weight is 861 g/mol. The number of carbonyl (C=O) groups is 2. The second-order valence-corrected chi connectivity index (χ2v) is 19.2. The second kappa shape index (κ2) is 19.5. The highest BCUT2D eigenvalue weighted by molar-refractivity contribution is 6.29. The molecule has 2 aliphatic rings. The van der Waals surface area contributed by atoms with Crippen LogP contribution < -0.4 is 9.80 Å². The molecule has 2 fully saturated rings. The van der Waals surface area contributed by atoms with Gasteiger partial charge in [-0.15, -0.1) is 0 Å². The number of carbonyl (C=O) groups excluding carboxylic acids is 2. The standard InChI is InChI=1S/C54H64N6O4/c1-7-57-25-29-59(30-26-57)49-45-15-11-9-13-43(45)33-47(55-49)41-21-17-39(18-22-41)35-53(3,4)37-63-51(61)52(62)64-38-54(5,6)36-40-19-23-42(24-20-40)48-34-44-14-10-12-16-46(44)50(56-48)60-31-27-58(8-2)28-32-60/h9-24,33-34H,7-8,25-32,35-38H2,1-6H3. The van der Waals surface area contributed by atoms with E-state index in [0.717, 1.165) is 111 Å². The average Bonchev–Trinajstić information content (AvgIpc) is 3.32. The fraction of sp³-hybridized carbons (Fsp3) is 0.407. The maximum Gasteiger partial charge on any atom is 0.417 e. The van der Waals surface area contributed by atoms with Crippen molar-refractivity contribution in [2.24, 2.45) is 10.8 Å². The van der Waals surface area contributed by atoms with Crippen molar-refractivity contribution in [2.75, 3.05) is 88.5 Å². The van der Waals surface area contributed by atoms with Gasteiger partial charge in [-0.1, -0.05) is 139 Å². The van der Waals surface area contributed by atoms with Crippen LogP contribution in [0.3, 0.4) is 0 Å². The zero-order chi connectivity index (χ0) is 44.8. The molecule has 0 atom stereocenters. The molecule has 0 saturated carbocycles. The quantitative estimate of drug-likeness (QED) is 0.0780. The van der Waals surface area contributed by atoms with Gasteiger partial charge in [-0.2, -0.15) is 0 Å². The Labute approximate surface area is 379 Å². The fourth-order valence-corrected chi connectivity index (χ4v) is 9.12. The number of ether oxygens (including phenoxy) is 2. The number of aromatic nitrogens is 2. The molecule has 2 saturated heterocycles. The van der Waals surface area contributed by atoms with Crippen LogP contribution in [0.5, 0.6) is 0 Å². The molecule has 2 aliphatic heterocycles. The summed E-state index contributed by atoms with van der Waals surface area (Å²) in [4.78, 5) is 46.0. The summed E-state index contributed by atoms with van der Waals surface area (Å²) in [7, 11) is 0. The molecule has 2 aromatic heterocycles. The number of rotatable bonds is 14. The summed E-state index contributed by atoms with van der Waals surface area (Å²) in [6.07, 6.45) is 1.32. The van der Waals surface area contributed by atoms with Crippen molar-refractivity contribution in [3.05, 3.63) is 120 Å². The lowest BCUT2D eigenvalue weighted by Crippen LogP contribution is -2.46. The number of esters is 2. The number of nitrogens with zero attached hydrogens (tertiary/aromatic N) is 6. The van der Waals surface area contributed by atoms with Gasteiger partial charge in [0.2, 0.25) is 0 Å². The molecule has 0 unspecified atom stereocenters. The van der Waals surface area contributed by atoms with E-state index < -0.39 is 22.8 Å². The van der Waals surface area contributed by atoms with E-state index in [1.807, 2.05) is 27.7 Å². The van der Waals surface area contributed by atoms with E-state index >= 15 is 0 Å². The molecule has 10 heteroatoms. The largest absolute Gasteiger partial charge is 0.457 e. The Morgan fingerprint density at radius 3 is 1.23 bits per heavy atom. The number of piperazine rings is 2. The summed E-state index contributed by atoms with van der Waals surface area (Å²) in [5.41, 5.74) is 5.41. The maximum absolute atomic E-state index is 12.9. The molecule has 0 aliphatic carbocycles. The highest BCUT2D eigenvalue weighted by atomic mass is 16.6. The third-order valence-corrected chi connectivity index (χ3v) is 12.9. The molecule has 0 spiro atoms. The summed E-state index contributed by atoms with van der Waals surface area (Å²) < 4.78 is 11.1. The van der Waals surface area contributed by atoms with Gasteiger partial charge in [0.1, 0.15) is 11.6 Å². The topological polar surface area (TPSA) is 91.3 Å². The van der Waals surface area contributed by atoms with Crippen LogP contribution in [-0.4, -0.2) is 110 Å². The third kappa shape index (κ3) is 10.7. The van der Waals surface area contributed by atoms with Crippen LogP contribution in [0.4, 0.5) is 11.6 Å². The molecule has 64 heavy (non-hydrogen) atoms. The highest BCUT2D eigenvalue weighted by Gasteiger charge is 2.28. The van der Waals surface area contributed by atoms with Crippen molar-refractivity contribution in [1.29, 1.82) is 0 Å². The van der Waals surface area contributed by atoms with Gasteiger partial charge in [0.15, 0.2) is 0 Å². The molecule has 0 N–H and O–H groups in total. The summed E-state index contributed by atoms with van der Waals surface area (Å²) in [6.45, 7) is 22.9. The Morgan fingerprint density at radius 2 is 0.875 bits per heavy atom. The number of pyridine rings is 2. The predicted octanol–water partition coefficient (Wildman–Crippen LogP) is 9.32. The first-order chi connectivity index (χ1) is 30.9. The van der Waals surface area contributed by atoms with Gasteiger partial charge in [-0.3, -0.25) is 0 Å². The minimum absolute atomic E-state index is 0.0857. The van der Waals surface area contributed by atoms with Crippen LogP contribution in [0.25, 0.3) is 44.1 Å². The third-order valence-electron chi connectivity index (χ3n) is 12.9. The molecular weight excluding hydrogens is 797 g/mol. The molecule has 6 aromatic rings. The molecular formula is C54H64N6O4. The van der Waals surface area contributed by atoms with Gasteiger partial charge in [-0.05, 0) is 60.0 Å². The number of hydrogen-bond acceptors (Lipinski definition) is 10. The lowest BCUT2D eigenvalue weighted by Gasteiger charge is -2.35. The first kappa shape index (κ1) is 44.8. The predicted molar refractivity (Wildman–Crippen MR) is 260 cm³/mol. The Balaban J connectivity index is 0.828. The van der Waals surface area contributed by atoms with E-state index in [4.69, 9.17) is 19.4 Å². The molecule has 8 rings (SSSR count). The number of fused-ring (bicyclic) bond motifs is 2. The van der Waals surface area contributed by atoms with Crippen molar-refractivity contribution >= 4 is 45.1 Å². The Hall–Kier alpha value is -5.84. The normalized spacial score (nSPS) is 15.5. The van der Waals surface area contributed by atoms with Crippen molar-refractivity contribution in [3.63, 3.8) is 0 Å². The summed E-state index contributed by atoms with van der Waals surface area (Å²) in [5, 5.41) is 4.72. The number of benzene rings is 4. The second-order valence-electron chi connectivity index (χ2n) is 19.2. The van der Waals surface area contributed by atoms with Crippen LogP contribution in [0, 0.1) is 10.8 Å². The van der Waals surface area contributed by atoms with Gasteiger partial charge in [0.25, 0.3) is 0 Å². The van der Waals surface area contributed by atoms with Gasteiger partial charge in [0, 0.05) is 85.1 Å². The molecule has 10 nitrogen and oxygen atoms in total. The maximum atomic E-state index is 12.9. The molecule has 0 bridgehead atoms. The van der Waals surface area contributed by atoms with Crippen LogP contribution >= 0.6 is 0 Å². The molecule has 0 radical (unpaired) electrons. The van der Waals surface area contributed by atoms with Crippen LogP contribution in [0.15, 0.2) is 109 Å². The summed E-state index contributed by atoms with van der Waals surface area (Å²) in [5.74, 6) is 0.160. The lowest BCUT2D eigenvalue weighted by molar-refractivity contribution is -0.171. The van der Waals surface area contributed by atoms with Crippen LogP contribution in [-0.2, 0) is 31.9 Å². The van der Waals surface area contributed by atoms with Gasteiger partial charge >= 0.3 is 11.9 Å². The van der Waals surface area contributed by atoms with Crippen LogP contribution in [0.1, 0.15) is 52.7 Å². The summed E-state index contributed by atoms with van der Waals surface area (Å²) in [6, 6.07) is 38.3. The van der Waals surface area contributed by atoms with E-state index in [0.29, 0.717) is 12.8 Å². The Morgan fingerprint density at radius 1 is 0.516 bits per heavy atom. The van der Waals surface area contributed by atoms with E-state index in [1.165, 1.54) is 21.5 Å². The fourth-order valence-electron chi connectivity index (χ4n) is 9.12. The SMILES string of the molecule is CCN1CCN(c2nc(-c3ccc(CC(C)(C)COC(=O)C(=O)OCC(C)(C)Cc4ccc(-c5cc6ccccc6c(N6CCN(CC)CC6)n5)cc4)cc3)cc3ccccc23)CC1. The van der Waals surface area contributed by atoms with Gasteiger partial charge in [-0.25, -0.2) is 19.6 Å². The van der Waals surface area contributed by atoms with E-state index in [-0.39, 0.29) is 13.2 Å².